The van der Waals surface area contributed by atoms with E-state index in [-0.39, 0.29) is 0 Å². The second-order valence-electron chi connectivity index (χ2n) is 6.81. The first-order valence-electron chi connectivity index (χ1n) is 8.81. The van der Waals surface area contributed by atoms with Gasteiger partial charge in [0.2, 0.25) is 5.78 Å². The molecule has 0 spiro atoms. The molecular formula is C20H24N4. The summed E-state index contributed by atoms with van der Waals surface area (Å²) in [5.41, 5.74) is 5.53. The van der Waals surface area contributed by atoms with Crippen molar-refractivity contribution in [3.8, 4) is 0 Å². The van der Waals surface area contributed by atoms with Crippen LogP contribution in [-0.2, 0) is 6.54 Å². The fourth-order valence-electron chi connectivity index (χ4n) is 3.87. The summed E-state index contributed by atoms with van der Waals surface area (Å²) in [5, 5.41) is 0. The Hall–Kier alpha value is -2.20. The molecule has 1 unspecified atom stereocenters. The standard InChI is InChI=1S/C20H24N4/c1-15-7-5-8-18(16(15)2)19-9-3-4-11-23(19)14-17-13-22-20-21-10-6-12-24(17)20/h5-8,10,12-13,19H,3-4,9,11,14H2,1-2H3. The van der Waals surface area contributed by atoms with Gasteiger partial charge in [-0.2, -0.15) is 0 Å². The van der Waals surface area contributed by atoms with Gasteiger partial charge in [-0.1, -0.05) is 24.6 Å². The van der Waals surface area contributed by atoms with E-state index in [1.165, 1.54) is 41.6 Å². The Labute approximate surface area is 143 Å². The van der Waals surface area contributed by atoms with Crippen LogP contribution in [0, 0.1) is 13.8 Å². The van der Waals surface area contributed by atoms with Crippen molar-refractivity contribution in [3.05, 3.63) is 65.2 Å². The molecule has 1 atom stereocenters. The number of nitrogens with zero attached hydrogens (tertiary/aromatic N) is 4. The average molecular weight is 320 g/mol. The molecule has 4 nitrogen and oxygen atoms in total. The van der Waals surface area contributed by atoms with Gasteiger partial charge in [-0.3, -0.25) is 9.30 Å². The lowest BCUT2D eigenvalue weighted by atomic mass is 9.90. The molecule has 1 fully saturated rings. The van der Waals surface area contributed by atoms with E-state index in [4.69, 9.17) is 0 Å². The number of hydrogen-bond donors (Lipinski definition) is 0. The third-order valence-corrected chi connectivity index (χ3v) is 5.35. The second kappa shape index (κ2) is 6.36. The van der Waals surface area contributed by atoms with Crippen LogP contribution in [-0.4, -0.2) is 25.8 Å². The van der Waals surface area contributed by atoms with Crippen LogP contribution in [0.25, 0.3) is 5.78 Å². The van der Waals surface area contributed by atoms with Gasteiger partial charge in [0.1, 0.15) is 0 Å². The van der Waals surface area contributed by atoms with Crippen LogP contribution >= 0.6 is 0 Å². The molecule has 1 aliphatic rings. The summed E-state index contributed by atoms with van der Waals surface area (Å²) in [7, 11) is 0. The Morgan fingerprint density at radius 1 is 1.12 bits per heavy atom. The monoisotopic (exact) mass is 320 g/mol. The number of hydrogen-bond acceptors (Lipinski definition) is 3. The summed E-state index contributed by atoms with van der Waals surface area (Å²) in [5.74, 6) is 0.785. The van der Waals surface area contributed by atoms with Crippen molar-refractivity contribution in [2.75, 3.05) is 6.54 Å². The molecule has 0 radical (unpaired) electrons. The first kappa shape index (κ1) is 15.3. The van der Waals surface area contributed by atoms with Gasteiger partial charge in [-0.15, -0.1) is 0 Å². The van der Waals surface area contributed by atoms with Gasteiger partial charge in [0.25, 0.3) is 0 Å². The van der Waals surface area contributed by atoms with Gasteiger partial charge in [0, 0.05) is 25.0 Å². The molecule has 2 aromatic heterocycles. The van der Waals surface area contributed by atoms with E-state index in [0.717, 1.165) is 18.9 Å². The van der Waals surface area contributed by atoms with E-state index in [9.17, 15) is 0 Å². The maximum atomic E-state index is 4.44. The Morgan fingerprint density at radius 2 is 2.04 bits per heavy atom. The van der Waals surface area contributed by atoms with Crippen LogP contribution < -0.4 is 0 Å². The fraction of sp³-hybridized carbons (Fsp3) is 0.400. The molecule has 0 bridgehead atoms. The molecule has 0 aliphatic carbocycles. The summed E-state index contributed by atoms with van der Waals surface area (Å²) < 4.78 is 2.11. The molecule has 4 heteroatoms. The van der Waals surface area contributed by atoms with Gasteiger partial charge in [-0.25, -0.2) is 9.97 Å². The smallest absolute Gasteiger partial charge is 0.233 e. The van der Waals surface area contributed by atoms with E-state index in [1.54, 1.807) is 6.20 Å². The number of rotatable bonds is 3. The largest absolute Gasteiger partial charge is 0.291 e. The third kappa shape index (κ3) is 2.71. The number of piperidine rings is 1. The molecule has 1 aliphatic heterocycles. The van der Waals surface area contributed by atoms with Crippen LogP contribution in [0.3, 0.4) is 0 Å². The summed E-state index contributed by atoms with van der Waals surface area (Å²) in [6.45, 7) is 6.54. The zero-order valence-electron chi connectivity index (χ0n) is 14.4. The molecular weight excluding hydrogens is 296 g/mol. The minimum absolute atomic E-state index is 0.501. The summed E-state index contributed by atoms with van der Waals surface area (Å²) >= 11 is 0. The summed E-state index contributed by atoms with van der Waals surface area (Å²) in [6, 6.07) is 9.18. The highest BCUT2D eigenvalue weighted by atomic mass is 15.2. The van der Waals surface area contributed by atoms with Crippen LogP contribution in [0.15, 0.2) is 42.9 Å². The molecule has 4 rings (SSSR count). The van der Waals surface area contributed by atoms with Crippen molar-refractivity contribution in [1.82, 2.24) is 19.3 Å². The molecule has 124 valence electrons. The Kier molecular flexibility index (Phi) is 4.07. The lowest BCUT2D eigenvalue weighted by Gasteiger charge is -2.37. The Morgan fingerprint density at radius 3 is 2.96 bits per heavy atom. The molecule has 3 aromatic rings. The predicted octanol–water partition coefficient (Wildman–Crippen LogP) is 4.07. The number of benzene rings is 1. The second-order valence-corrected chi connectivity index (χ2v) is 6.81. The minimum Gasteiger partial charge on any atom is -0.291 e. The zero-order chi connectivity index (χ0) is 16.5. The topological polar surface area (TPSA) is 33.4 Å². The molecule has 1 saturated heterocycles. The van der Waals surface area contributed by atoms with Crippen molar-refractivity contribution < 1.29 is 0 Å². The lowest BCUT2D eigenvalue weighted by Crippen LogP contribution is -2.33. The van der Waals surface area contributed by atoms with E-state index in [1.807, 2.05) is 12.3 Å². The summed E-state index contributed by atoms with van der Waals surface area (Å²) in [4.78, 5) is 11.4. The Balaban J connectivity index is 1.66. The lowest BCUT2D eigenvalue weighted by molar-refractivity contribution is 0.138. The summed E-state index contributed by atoms with van der Waals surface area (Å²) in [6.07, 6.45) is 9.64. The van der Waals surface area contributed by atoms with E-state index in [0.29, 0.717) is 6.04 Å². The first-order chi connectivity index (χ1) is 11.7. The normalized spacial score (nSPS) is 19.0. The first-order valence-corrected chi connectivity index (χ1v) is 8.81. The highest BCUT2D eigenvalue weighted by Crippen LogP contribution is 2.34. The molecule has 0 saturated carbocycles. The highest BCUT2D eigenvalue weighted by Gasteiger charge is 2.26. The van der Waals surface area contributed by atoms with Crippen molar-refractivity contribution in [2.45, 2.75) is 45.7 Å². The molecule has 24 heavy (non-hydrogen) atoms. The van der Waals surface area contributed by atoms with Gasteiger partial charge in [0.05, 0.1) is 11.9 Å². The maximum Gasteiger partial charge on any atom is 0.233 e. The van der Waals surface area contributed by atoms with Gasteiger partial charge >= 0.3 is 0 Å². The van der Waals surface area contributed by atoms with E-state index >= 15 is 0 Å². The van der Waals surface area contributed by atoms with E-state index in [2.05, 4.69) is 57.5 Å². The number of likely N-dealkylation sites (tertiary alicyclic amines) is 1. The molecule has 0 amide bonds. The maximum absolute atomic E-state index is 4.44. The van der Waals surface area contributed by atoms with E-state index < -0.39 is 0 Å². The van der Waals surface area contributed by atoms with Gasteiger partial charge < -0.3 is 0 Å². The molecule has 3 heterocycles. The van der Waals surface area contributed by atoms with Crippen molar-refractivity contribution >= 4 is 5.78 Å². The SMILES string of the molecule is Cc1cccc(C2CCCCN2Cc2cnc3ncccn23)c1C. The molecule has 0 N–H and O–H groups in total. The van der Waals surface area contributed by atoms with Crippen LogP contribution in [0.2, 0.25) is 0 Å². The minimum atomic E-state index is 0.501. The van der Waals surface area contributed by atoms with Crippen LogP contribution in [0.5, 0.6) is 0 Å². The Bertz CT molecular complexity index is 852. The number of aryl methyl sites for hydroxylation is 1. The molecule has 1 aromatic carbocycles. The average Bonchev–Trinajstić information content (AvgIpc) is 3.01. The third-order valence-electron chi connectivity index (χ3n) is 5.35. The van der Waals surface area contributed by atoms with Crippen LogP contribution in [0.4, 0.5) is 0 Å². The zero-order valence-corrected chi connectivity index (χ0v) is 14.4. The highest BCUT2D eigenvalue weighted by molar-refractivity contribution is 5.36. The van der Waals surface area contributed by atoms with Gasteiger partial charge in [0.15, 0.2) is 0 Å². The number of fused-ring (bicyclic) bond motifs is 1. The number of aromatic nitrogens is 3. The van der Waals surface area contributed by atoms with Gasteiger partial charge in [-0.05, 0) is 56.0 Å². The van der Waals surface area contributed by atoms with Crippen molar-refractivity contribution in [2.24, 2.45) is 0 Å². The quantitative estimate of drug-likeness (QED) is 0.729. The van der Waals surface area contributed by atoms with Crippen LogP contribution in [0.1, 0.15) is 47.7 Å². The predicted molar refractivity (Wildman–Crippen MR) is 95.9 cm³/mol. The fourth-order valence-corrected chi connectivity index (χ4v) is 3.87. The van der Waals surface area contributed by atoms with Crippen molar-refractivity contribution in [3.63, 3.8) is 0 Å². The van der Waals surface area contributed by atoms with Crippen molar-refractivity contribution in [1.29, 1.82) is 0 Å². The number of imidazole rings is 1.